The van der Waals surface area contributed by atoms with Crippen molar-refractivity contribution in [3.05, 3.63) is 69.6 Å². The fourth-order valence-corrected chi connectivity index (χ4v) is 3.73. The molecule has 1 saturated heterocycles. The van der Waals surface area contributed by atoms with E-state index in [0.717, 1.165) is 16.7 Å². The van der Waals surface area contributed by atoms with E-state index in [1.807, 2.05) is 0 Å². The van der Waals surface area contributed by atoms with Gasteiger partial charge in [-0.15, -0.1) is 0 Å². The molecule has 0 aliphatic carbocycles. The number of phenols is 1. The van der Waals surface area contributed by atoms with Gasteiger partial charge in [-0.3, -0.25) is 19.3 Å². The largest absolute Gasteiger partial charge is 0.508 e. The van der Waals surface area contributed by atoms with Crippen LogP contribution >= 0.6 is 23.4 Å². The number of benzene rings is 2. The molecule has 2 aromatic carbocycles. The Morgan fingerprint density at radius 3 is 2.43 bits per heavy atom. The summed E-state index contributed by atoms with van der Waals surface area (Å²) in [5.74, 6) is -0.954. The number of likely N-dealkylation sites (N-methyl/N-ethyl adjacent to an activating group) is 1. The Bertz CT molecular complexity index is 991. The molecule has 7 nitrogen and oxygen atoms in total. The summed E-state index contributed by atoms with van der Waals surface area (Å²) >= 11 is 6.61. The van der Waals surface area contributed by atoms with Crippen LogP contribution in [0.5, 0.6) is 5.75 Å². The predicted octanol–water partition coefficient (Wildman–Crippen LogP) is 3.27. The van der Waals surface area contributed by atoms with Crippen molar-refractivity contribution >= 4 is 46.5 Å². The molecule has 0 bridgehead atoms. The second-order valence-corrected chi connectivity index (χ2v) is 8.13. The van der Waals surface area contributed by atoms with E-state index in [0.29, 0.717) is 16.1 Å². The first kappa shape index (κ1) is 21.9. The number of phenolic OH excluding ortho intramolecular Hbond substituents is 1. The number of carbonyl (C=O) groups excluding carboxylic acids is 3. The lowest BCUT2D eigenvalue weighted by Gasteiger charge is -2.23. The van der Waals surface area contributed by atoms with Gasteiger partial charge in [0.1, 0.15) is 12.3 Å². The Morgan fingerprint density at radius 1 is 1.17 bits per heavy atom. The molecular formula is C21H19ClN2O5S. The van der Waals surface area contributed by atoms with Crippen molar-refractivity contribution in [2.75, 3.05) is 20.1 Å². The van der Waals surface area contributed by atoms with Crippen LogP contribution in [0.3, 0.4) is 0 Å². The zero-order chi connectivity index (χ0) is 21.8. The number of hydrogen-bond acceptors (Lipinski definition) is 6. The summed E-state index contributed by atoms with van der Waals surface area (Å²) in [5.41, 5.74) is 1.25. The van der Waals surface area contributed by atoms with Crippen LogP contribution in [0, 0.1) is 0 Å². The van der Waals surface area contributed by atoms with E-state index in [4.69, 9.17) is 11.6 Å². The van der Waals surface area contributed by atoms with Crippen LogP contribution in [0.15, 0.2) is 53.4 Å². The molecule has 3 rings (SSSR count). The Hall–Kier alpha value is -2.81. The Morgan fingerprint density at radius 2 is 1.80 bits per heavy atom. The van der Waals surface area contributed by atoms with Gasteiger partial charge < -0.3 is 15.1 Å². The number of hydrogen-bond donors (Lipinski definition) is 2. The van der Waals surface area contributed by atoms with Gasteiger partial charge in [-0.05, 0) is 53.2 Å². The van der Waals surface area contributed by atoms with Gasteiger partial charge in [0.2, 0.25) is 5.91 Å². The molecule has 9 heteroatoms. The van der Waals surface area contributed by atoms with Crippen LogP contribution in [-0.4, -0.2) is 57.2 Å². The Balaban J connectivity index is 1.62. The molecule has 0 radical (unpaired) electrons. The van der Waals surface area contributed by atoms with Gasteiger partial charge >= 0.3 is 0 Å². The number of aliphatic hydroxyl groups is 1. The van der Waals surface area contributed by atoms with Crippen LogP contribution in [-0.2, 0) is 9.59 Å². The molecule has 2 aromatic rings. The molecule has 1 aliphatic heterocycles. The van der Waals surface area contributed by atoms with E-state index in [9.17, 15) is 24.6 Å². The van der Waals surface area contributed by atoms with Gasteiger partial charge in [0.15, 0.2) is 0 Å². The van der Waals surface area contributed by atoms with Crippen molar-refractivity contribution in [1.29, 1.82) is 0 Å². The molecule has 0 spiro atoms. The number of aliphatic hydroxyl groups excluding tert-OH is 1. The zero-order valence-corrected chi connectivity index (χ0v) is 17.6. The summed E-state index contributed by atoms with van der Waals surface area (Å²) < 4.78 is 0. The molecule has 2 N–H and O–H groups in total. The summed E-state index contributed by atoms with van der Waals surface area (Å²) in [6.45, 7) is -0.443. The summed E-state index contributed by atoms with van der Waals surface area (Å²) in [7, 11) is 1.48. The summed E-state index contributed by atoms with van der Waals surface area (Å²) in [6, 6.07) is 12.8. The minimum absolute atomic E-state index is 0.0273. The fourth-order valence-electron chi connectivity index (χ4n) is 2.77. The Kier molecular flexibility index (Phi) is 6.81. The molecule has 30 heavy (non-hydrogen) atoms. The molecule has 0 unspecified atom stereocenters. The minimum atomic E-state index is -0.973. The molecule has 1 fully saturated rings. The maximum absolute atomic E-state index is 12.6. The molecule has 1 atom stereocenters. The lowest BCUT2D eigenvalue weighted by molar-refractivity contribution is -0.135. The van der Waals surface area contributed by atoms with Crippen LogP contribution < -0.4 is 0 Å². The number of nitrogens with zero attached hydrogens (tertiary/aromatic N) is 2. The number of rotatable bonds is 6. The number of halogens is 1. The average Bonchev–Trinajstić information content (AvgIpc) is 2.97. The van der Waals surface area contributed by atoms with Gasteiger partial charge in [-0.2, -0.15) is 0 Å². The van der Waals surface area contributed by atoms with E-state index in [2.05, 4.69) is 0 Å². The van der Waals surface area contributed by atoms with Crippen molar-refractivity contribution in [1.82, 2.24) is 9.80 Å². The average molecular weight is 447 g/mol. The fraction of sp³-hybridized carbons (Fsp3) is 0.190. The SMILES string of the molecule is CN(C[C@@H](O)c1ccc(O)cc1)C(=O)CN1C(=O)S/C(=C\c2ccc(Cl)cc2)C1=O. The monoisotopic (exact) mass is 446 g/mol. The molecular weight excluding hydrogens is 428 g/mol. The molecule has 0 saturated carbocycles. The van der Waals surface area contributed by atoms with Crippen molar-refractivity contribution in [3.8, 4) is 5.75 Å². The minimum Gasteiger partial charge on any atom is -0.508 e. The third kappa shape index (κ3) is 5.21. The highest BCUT2D eigenvalue weighted by atomic mass is 35.5. The van der Waals surface area contributed by atoms with Crippen molar-refractivity contribution in [3.63, 3.8) is 0 Å². The van der Waals surface area contributed by atoms with Crippen LogP contribution in [0.2, 0.25) is 5.02 Å². The van der Waals surface area contributed by atoms with E-state index < -0.39 is 29.7 Å². The van der Waals surface area contributed by atoms with Gasteiger partial charge in [-0.25, -0.2) is 0 Å². The number of imide groups is 1. The number of aromatic hydroxyl groups is 1. The zero-order valence-electron chi connectivity index (χ0n) is 16.0. The summed E-state index contributed by atoms with van der Waals surface area (Å²) in [4.78, 5) is 39.7. The lowest BCUT2D eigenvalue weighted by atomic mass is 10.1. The van der Waals surface area contributed by atoms with E-state index in [1.54, 1.807) is 42.5 Å². The van der Waals surface area contributed by atoms with E-state index >= 15 is 0 Å². The molecule has 3 amide bonds. The molecule has 0 aromatic heterocycles. The van der Waals surface area contributed by atoms with Gasteiger partial charge in [0.05, 0.1) is 17.6 Å². The first-order chi connectivity index (χ1) is 14.2. The van der Waals surface area contributed by atoms with E-state index in [1.165, 1.54) is 24.1 Å². The molecule has 1 heterocycles. The van der Waals surface area contributed by atoms with Crippen LogP contribution in [0.4, 0.5) is 4.79 Å². The highest BCUT2D eigenvalue weighted by Crippen LogP contribution is 2.32. The standard InChI is InChI=1S/C21H19ClN2O5S/c1-23(11-17(26)14-4-8-16(25)9-5-14)19(27)12-24-20(28)18(30-21(24)29)10-13-2-6-15(22)7-3-13/h2-10,17,25-26H,11-12H2,1H3/b18-10-/t17-/m1/s1. The van der Waals surface area contributed by atoms with E-state index in [-0.39, 0.29) is 17.2 Å². The van der Waals surface area contributed by atoms with Crippen molar-refractivity contribution in [2.24, 2.45) is 0 Å². The third-order valence-electron chi connectivity index (χ3n) is 4.49. The number of thioether (sulfide) groups is 1. The second kappa shape index (κ2) is 9.34. The first-order valence-electron chi connectivity index (χ1n) is 8.96. The first-order valence-corrected chi connectivity index (χ1v) is 10.2. The number of amides is 3. The second-order valence-electron chi connectivity index (χ2n) is 6.70. The summed E-state index contributed by atoms with van der Waals surface area (Å²) in [6.07, 6.45) is 0.601. The van der Waals surface area contributed by atoms with Gasteiger partial charge in [0, 0.05) is 12.1 Å². The van der Waals surface area contributed by atoms with Gasteiger partial charge in [0.25, 0.3) is 11.1 Å². The third-order valence-corrected chi connectivity index (χ3v) is 5.64. The lowest BCUT2D eigenvalue weighted by Crippen LogP contribution is -2.41. The van der Waals surface area contributed by atoms with Crippen molar-refractivity contribution in [2.45, 2.75) is 6.10 Å². The van der Waals surface area contributed by atoms with Crippen molar-refractivity contribution < 1.29 is 24.6 Å². The normalized spacial score (nSPS) is 16.2. The number of carbonyl (C=O) groups is 3. The summed E-state index contributed by atoms with van der Waals surface area (Å²) in [5, 5.41) is 19.6. The maximum Gasteiger partial charge on any atom is 0.294 e. The maximum atomic E-state index is 12.6. The Labute approximate surface area is 182 Å². The highest BCUT2D eigenvalue weighted by Gasteiger charge is 2.37. The quantitative estimate of drug-likeness (QED) is 0.661. The van der Waals surface area contributed by atoms with Crippen LogP contribution in [0.1, 0.15) is 17.2 Å². The van der Waals surface area contributed by atoms with Gasteiger partial charge in [-0.1, -0.05) is 35.9 Å². The molecule has 1 aliphatic rings. The van der Waals surface area contributed by atoms with Crippen LogP contribution in [0.25, 0.3) is 6.08 Å². The smallest absolute Gasteiger partial charge is 0.294 e. The highest BCUT2D eigenvalue weighted by molar-refractivity contribution is 8.18. The predicted molar refractivity (Wildman–Crippen MR) is 115 cm³/mol. The topological polar surface area (TPSA) is 98.2 Å². The molecule has 156 valence electrons.